The molecule has 0 aliphatic rings. The fraction of sp³-hybridized carbons (Fsp3) is 0.294. The molecule has 0 fully saturated rings. The number of aromatic hydroxyl groups is 1. The van der Waals surface area contributed by atoms with Gasteiger partial charge in [-0.2, -0.15) is 0 Å². The minimum atomic E-state index is 0.0703. The Morgan fingerprint density at radius 2 is 1.90 bits per heavy atom. The van der Waals surface area contributed by atoms with Gasteiger partial charge in [-0.15, -0.1) is 0 Å². The van der Waals surface area contributed by atoms with Crippen LogP contribution in [0.1, 0.15) is 24.5 Å². The number of nitrogens with two attached hydrogens (primary N) is 1. The molecule has 0 amide bonds. The van der Waals surface area contributed by atoms with Crippen LogP contribution in [0.5, 0.6) is 11.5 Å². The number of phenols is 1. The molecule has 112 valence electrons. The average Bonchev–Trinajstić information content (AvgIpc) is 2.49. The number of benzene rings is 2. The second-order valence-electron chi connectivity index (χ2n) is 5.04. The Hall–Kier alpha value is -1.71. The highest BCUT2D eigenvalue weighted by Gasteiger charge is 2.12. The van der Waals surface area contributed by atoms with E-state index in [0.717, 1.165) is 23.3 Å². The smallest absolute Gasteiger partial charge is 0.124 e. The first-order valence-electron chi connectivity index (χ1n) is 7.03. The monoisotopic (exact) mass is 305 g/mol. The van der Waals surface area contributed by atoms with Crippen LogP contribution < -0.4 is 10.5 Å². The Balaban J connectivity index is 2.12. The topological polar surface area (TPSA) is 55.5 Å². The molecular formula is C17H20ClNO2. The molecule has 3 nitrogen and oxygen atoms in total. The van der Waals surface area contributed by atoms with Gasteiger partial charge < -0.3 is 15.6 Å². The standard InChI is InChI=1S/C17H20ClNO2/c1-2-13(19)10-15-16(18)4-3-5-17(15)21-11-12-6-8-14(20)9-7-12/h3-9,13,20H,2,10-11,19H2,1H3. The van der Waals surface area contributed by atoms with E-state index < -0.39 is 0 Å². The highest BCUT2D eigenvalue weighted by atomic mass is 35.5. The number of hydrogen-bond donors (Lipinski definition) is 2. The fourth-order valence-corrected chi connectivity index (χ4v) is 2.27. The van der Waals surface area contributed by atoms with Gasteiger partial charge in [-0.3, -0.25) is 0 Å². The summed E-state index contributed by atoms with van der Waals surface area (Å²) < 4.78 is 5.87. The average molecular weight is 306 g/mol. The molecule has 0 saturated carbocycles. The Morgan fingerprint density at radius 3 is 2.57 bits per heavy atom. The van der Waals surface area contributed by atoms with Crippen LogP contribution in [0.3, 0.4) is 0 Å². The largest absolute Gasteiger partial charge is 0.508 e. The quantitative estimate of drug-likeness (QED) is 0.851. The van der Waals surface area contributed by atoms with Gasteiger partial charge in [0.15, 0.2) is 0 Å². The van der Waals surface area contributed by atoms with Crippen molar-refractivity contribution in [2.75, 3.05) is 0 Å². The van der Waals surface area contributed by atoms with E-state index in [2.05, 4.69) is 6.92 Å². The highest BCUT2D eigenvalue weighted by molar-refractivity contribution is 6.31. The van der Waals surface area contributed by atoms with Crippen molar-refractivity contribution >= 4 is 11.6 Å². The molecule has 1 unspecified atom stereocenters. The summed E-state index contributed by atoms with van der Waals surface area (Å²) in [6.45, 7) is 2.48. The number of hydrogen-bond acceptors (Lipinski definition) is 3. The second-order valence-corrected chi connectivity index (χ2v) is 5.45. The zero-order valence-electron chi connectivity index (χ0n) is 12.1. The lowest BCUT2D eigenvalue weighted by Crippen LogP contribution is -2.22. The van der Waals surface area contributed by atoms with Crippen LogP contribution in [-0.4, -0.2) is 11.1 Å². The summed E-state index contributed by atoms with van der Waals surface area (Å²) >= 11 is 6.26. The Labute approximate surface area is 130 Å². The summed E-state index contributed by atoms with van der Waals surface area (Å²) in [5.41, 5.74) is 7.96. The van der Waals surface area contributed by atoms with Crippen molar-refractivity contribution in [2.24, 2.45) is 5.73 Å². The van der Waals surface area contributed by atoms with Crippen LogP contribution in [-0.2, 0) is 13.0 Å². The van der Waals surface area contributed by atoms with Crippen molar-refractivity contribution in [3.63, 3.8) is 0 Å². The predicted molar refractivity (Wildman–Crippen MR) is 85.9 cm³/mol. The van der Waals surface area contributed by atoms with Crippen LogP contribution in [0.2, 0.25) is 5.02 Å². The van der Waals surface area contributed by atoms with E-state index in [-0.39, 0.29) is 11.8 Å². The molecule has 0 saturated heterocycles. The first kappa shape index (κ1) is 15.7. The predicted octanol–water partition coefficient (Wildman–Crippen LogP) is 3.90. The van der Waals surface area contributed by atoms with Crippen LogP contribution in [0, 0.1) is 0 Å². The van der Waals surface area contributed by atoms with E-state index in [1.165, 1.54) is 0 Å². The first-order chi connectivity index (χ1) is 10.1. The third-order valence-corrected chi connectivity index (χ3v) is 3.75. The molecule has 0 bridgehead atoms. The number of rotatable bonds is 6. The Bertz CT molecular complexity index is 584. The van der Waals surface area contributed by atoms with E-state index in [4.69, 9.17) is 22.1 Å². The lowest BCUT2D eigenvalue weighted by molar-refractivity contribution is 0.302. The first-order valence-corrected chi connectivity index (χ1v) is 7.41. The van der Waals surface area contributed by atoms with Crippen molar-refractivity contribution in [1.29, 1.82) is 0 Å². The van der Waals surface area contributed by atoms with Crippen molar-refractivity contribution in [2.45, 2.75) is 32.4 Å². The van der Waals surface area contributed by atoms with Crippen LogP contribution in [0.4, 0.5) is 0 Å². The maximum Gasteiger partial charge on any atom is 0.124 e. The molecule has 2 aromatic carbocycles. The van der Waals surface area contributed by atoms with E-state index in [9.17, 15) is 5.11 Å². The molecule has 0 spiro atoms. The van der Waals surface area contributed by atoms with Crippen LogP contribution in [0.25, 0.3) is 0 Å². The minimum Gasteiger partial charge on any atom is -0.508 e. The van der Waals surface area contributed by atoms with Gasteiger partial charge in [-0.25, -0.2) is 0 Å². The molecule has 2 aromatic rings. The molecular weight excluding hydrogens is 286 g/mol. The molecule has 3 N–H and O–H groups in total. The maximum atomic E-state index is 9.28. The SMILES string of the molecule is CCC(N)Cc1c(Cl)cccc1OCc1ccc(O)cc1. The number of ether oxygens (including phenoxy) is 1. The van der Waals surface area contributed by atoms with Crippen molar-refractivity contribution in [1.82, 2.24) is 0 Å². The maximum absolute atomic E-state index is 9.28. The Kier molecular flexibility index (Phi) is 5.48. The van der Waals surface area contributed by atoms with E-state index >= 15 is 0 Å². The molecule has 0 aliphatic carbocycles. The zero-order chi connectivity index (χ0) is 15.2. The normalized spacial score (nSPS) is 12.1. The van der Waals surface area contributed by atoms with Gasteiger partial charge in [0.05, 0.1) is 0 Å². The summed E-state index contributed by atoms with van der Waals surface area (Å²) in [5.74, 6) is 1.01. The molecule has 0 heterocycles. The summed E-state index contributed by atoms with van der Waals surface area (Å²) in [7, 11) is 0. The molecule has 21 heavy (non-hydrogen) atoms. The third kappa shape index (κ3) is 4.38. The van der Waals surface area contributed by atoms with Crippen molar-refractivity contribution < 1.29 is 9.84 Å². The van der Waals surface area contributed by atoms with Crippen molar-refractivity contribution in [3.05, 3.63) is 58.6 Å². The fourth-order valence-electron chi connectivity index (χ4n) is 2.03. The summed E-state index contributed by atoms with van der Waals surface area (Å²) in [5, 5.41) is 9.96. The lowest BCUT2D eigenvalue weighted by Gasteiger charge is -2.16. The van der Waals surface area contributed by atoms with Gasteiger partial charge in [0.2, 0.25) is 0 Å². The summed E-state index contributed by atoms with van der Waals surface area (Å²) in [6, 6.07) is 12.6. The van der Waals surface area contributed by atoms with Gasteiger partial charge in [0, 0.05) is 16.6 Å². The molecule has 0 radical (unpaired) electrons. The third-order valence-electron chi connectivity index (χ3n) is 3.40. The molecule has 2 rings (SSSR count). The van der Waals surface area contributed by atoms with E-state index in [1.807, 2.05) is 30.3 Å². The van der Waals surface area contributed by atoms with Gasteiger partial charge >= 0.3 is 0 Å². The van der Waals surface area contributed by atoms with Crippen LogP contribution >= 0.6 is 11.6 Å². The van der Waals surface area contributed by atoms with E-state index in [0.29, 0.717) is 18.1 Å². The summed E-state index contributed by atoms with van der Waals surface area (Å²) in [6.07, 6.45) is 1.59. The molecule has 1 atom stereocenters. The van der Waals surface area contributed by atoms with Gasteiger partial charge in [0.1, 0.15) is 18.1 Å². The van der Waals surface area contributed by atoms with Gasteiger partial charge in [-0.05, 0) is 42.7 Å². The van der Waals surface area contributed by atoms with Crippen LogP contribution in [0.15, 0.2) is 42.5 Å². The summed E-state index contributed by atoms with van der Waals surface area (Å²) in [4.78, 5) is 0. The lowest BCUT2D eigenvalue weighted by atomic mass is 10.0. The second kappa shape index (κ2) is 7.34. The molecule has 0 aromatic heterocycles. The van der Waals surface area contributed by atoms with E-state index in [1.54, 1.807) is 12.1 Å². The minimum absolute atomic E-state index is 0.0703. The van der Waals surface area contributed by atoms with Gasteiger partial charge in [0.25, 0.3) is 0 Å². The number of phenolic OH excluding ortho intramolecular Hbond substituents is 1. The number of halogens is 1. The van der Waals surface area contributed by atoms with Gasteiger partial charge in [-0.1, -0.05) is 36.7 Å². The highest BCUT2D eigenvalue weighted by Crippen LogP contribution is 2.28. The Morgan fingerprint density at radius 1 is 1.19 bits per heavy atom. The molecule has 4 heteroatoms. The zero-order valence-corrected chi connectivity index (χ0v) is 12.8. The molecule has 0 aliphatic heterocycles. The van der Waals surface area contributed by atoms with Crippen molar-refractivity contribution in [3.8, 4) is 11.5 Å².